The SMILES string of the molecule is CC1C(=O)N(C)C(=O)C1C1c2cc(F)ccc2NC1c1cc2cc(F)ccc2[nH]1. The van der Waals surface area contributed by atoms with Crippen molar-refractivity contribution in [2.24, 2.45) is 11.8 Å². The smallest absolute Gasteiger partial charge is 0.233 e. The Morgan fingerprint density at radius 2 is 1.66 bits per heavy atom. The number of likely N-dealkylation sites (tertiary alicyclic amines) is 1. The summed E-state index contributed by atoms with van der Waals surface area (Å²) in [6.07, 6.45) is 0. The van der Waals surface area contributed by atoms with Crippen LogP contribution in [0.3, 0.4) is 0 Å². The van der Waals surface area contributed by atoms with E-state index in [1.807, 2.05) is 6.07 Å². The Hall–Kier alpha value is -3.22. The second-order valence-corrected chi connectivity index (χ2v) is 7.89. The number of fused-ring (bicyclic) bond motifs is 2. The number of imide groups is 1. The topological polar surface area (TPSA) is 65.2 Å². The van der Waals surface area contributed by atoms with Crippen molar-refractivity contribution in [1.82, 2.24) is 9.88 Å². The molecule has 148 valence electrons. The highest BCUT2D eigenvalue weighted by Crippen LogP contribution is 2.52. The molecule has 2 N–H and O–H groups in total. The van der Waals surface area contributed by atoms with Crippen LogP contribution in [0.25, 0.3) is 10.9 Å². The Morgan fingerprint density at radius 1 is 0.931 bits per heavy atom. The number of aromatic nitrogens is 1. The van der Waals surface area contributed by atoms with Crippen LogP contribution in [-0.2, 0) is 9.59 Å². The van der Waals surface area contributed by atoms with E-state index in [-0.39, 0.29) is 23.7 Å². The summed E-state index contributed by atoms with van der Waals surface area (Å²) in [5.74, 6) is -2.80. The highest BCUT2D eigenvalue weighted by Gasteiger charge is 2.52. The van der Waals surface area contributed by atoms with Crippen LogP contribution < -0.4 is 5.32 Å². The van der Waals surface area contributed by atoms with Crippen molar-refractivity contribution in [2.45, 2.75) is 18.9 Å². The molecule has 4 unspecified atom stereocenters. The zero-order chi connectivity index (χ0) is 20.4. The van der Waals surface area contributed by atoms with Gasteiger partial charge in [0.1, 0.15) is 11.6 Å². The number of halogens is 2. The second-order valence-electron chi connectivity index (χ2n) is 7.89. The predicted molar refractivity (Wildman–Crippen MR) is 104 cm³/mol. The Balaban J connectivity index is 1.66. The average molecular weight is 395 g/mol. The molecule has 1 aromatic heterocycles. The van der Waals surface area contributed by atoms with Gasteiger partial charge in [-0.25, -0.2) is 8.78 Å². The van der Waals surface area contributed by atoms with E-state index in [4.69, 9.17) is 0 Å². The maximum Gasteiger partial charge on any atom is 0.233 e. The first-order chi connectivity index (χ1) is 13.8. The highest BCUT2D eigenvalue weighted by molar-refractivity contribution is 6.05. The van der Waals surface area contributed by atoms with Crippen LogP contribution in [0, 0.1) is 23.5 Å². The van der Waals surface area contributed by atoms with Gasteiger partial charge in [0.25, 0.3) is 0 Å². The van der Waals surface area contributed by atoms with E-state index in [9.17, 15) is 18.4 Å². The molecule has 4 atom stereocenters. The van der Waals surface area contributed by atoms with E-state index in [2.05, 4.69) is 10.3 Å². The zero-order valence-electron chi connectivity index (χ0n) is 15.9. The molecule has 1 fully saturated rings. The van der Waals surface area contributed by atoms with Crippen LogP contribution in [0.15, 0.2) is 42.5 Å². The summed E-state index contributed by atoms with van der Waals surface area (Å²) in [6, 6.07) is 10.4. The summed E-state index contributed by atoms with van der Waals surface area (Å²) in [5, 5.41) is 4.09. The van der Waals surface area contributed by atoms with Gasteiger partial charge in [0.05, 0.1) is 12.0 Å². The van der Waals surface area contributed by atoms with E-state index in [1.54, 1.807) is 19.1 Å². The molecular weight excluding hydrogens is 376 g/mol. The van der Waals surface area contributed by atoms with Gasteiger partial charge < -0.3 is 10.3 Å². The predicted octanol–water partition coefficient (Wildman–Crippen LogP) is 3.95. The van der Waals surface area contributed by atoms with E-state index < -0.39 is 23.6 Å². The molecular formula is C22H19F2N3O2. The summed E-state index contributed by atoms with van der Waals surface area (Å²) < 4.78 is 27.7. The van der Waals surface area contributed by atoms with Crippen molar-refractivity contribution in [2.75, 3.05) is 12.4 Å². The number of H-pyrrole nitrogens is 1. The van der Waals surface area contributed by atoms with Crippen LogP contribution >= 0.6 is 0 Å². The lowest BCUT2D eigenvalue weighted by molar-refractivity contribution is -0.138. The first kappa shape index (κ1) is 17.8. The fourth-order valence-electron chi connectivity index (χ4n) is 4.81. The van der Waals surface area contributed by atoms with Crippen molar-refractivity contribution >= 4 is 28.4 Å². The molecule has 2 aliphatic rings. The fourth-order valence-corrected chi connectivity index (χ4v) is 4.81. The molecule has 5 nitrogen and oxygen atoms in total. The van der Waals surface area contributed by atoms with Gasteiger partial charge in [-0.05, 0) is 48.0 Å². The summed E-state index contributed by atoms with van der Waals surface area (Å²) in [4.78, 5) is 29.8. The van der Waals surface area contributed by atoms with Gasteiger partial charge in [0, 0.05) is 41.2 Å². The molecule has 0 spiro atoms. The fraction of sp³-hybridized carbons (Fsp3) is 0.273. The number of hydrogen-bond donors (Lipinski definition) is 2. The van der Waals surface area contributed by atoms with E-state index in [0.29, 0.717) is 10.9 Å². The molecule has 0 saturated carbocycles. The number of nitrogens with one attached hydrogen (secondary N) is 2. The monoisotopic (exact) mass is 395 g/mol. The zero-order valence-corrected chi connectivity index (χ0v) is 15.9. The van der Waals surface area contributed by atoms with Gasteiger partial charge in [0.2, 0.25) is 11.8 Å². The third-order valence-corrected chi connectivity index (χ3v) is 6.24. The molecule has 0 bridgehead atoms. The minimum Gasteiger partial charge on any atom is -0.376 e. The minimum absolute atomic E-state index is 0.234. The first-order valence-corrected chi connectivity index (χ1v) is 9.50. The Kier molecular flexibility index (Phi) is 3.78. The number of benzene rings is 2. The number of amides is 2. The van der Waals surface area contributed by atoms with Crippen molar-refractivity contribution in [3.8, 4) is 0 Å². The Labute approximate surface area is 165 Å². The van der Waals surface area contributed by atoms with E-state index in [1.165, 1.54) is 31.3 Å². The number of anilines is 1. The van der Waals surface area contributed by atoms with Crippen molar-refractivity contribution in [3.63, 3.8) is 0 Å². The van der Waals surface area contributed by atoms with Gasteiger partial charge in [0.15, 0.2) is 0 Å². The lowest BCUT2D eigenvalue weighted by Gasteiger charge is -2.26. The number of hydrogen-bond acceptors (Lipinski definition) is 3. The van der Waals surface area contributed by atoms with Crippen LogP contribution in [0.4, 0.5) is 14.5 Å². The molecule has 29 heavy (non-hydrogen) atoms. The average Bonchev–Trinajstić information content (AvgIpc) is 3.32. The van der Waals surface area contributed by atoms with Gasteiger partial charge in [-0.15, -0.1) is 0 Å². The van der Waals surface area contributed by atoms with Crippen molar-refractivity contribution in [3.05, 3.63) is 65.4 Å². The van der Waals surface area contributed by atoms with Gasteiger partial charge in [-0.2, -0.15) is 0 Å². The summed E-state index contributed by atoms with van der Waals surface area (Å²) in [5.41, 5.74) is 2.93. The van der Waals surface area contributed by atoms with Crippen LogP contribution in [0.1, 0.15) is 30.1 Å². The van der Waals surface area contributed by atoms with Crippen LogP contribution in [-0.4, -0.2) is 28.7 Å². The number of carbonyl (C=O) groups excluding carboxylic acids is 2. The lowest BCUT2D eigenvalue weighted by atomic mass is 9.76. The van der Waals surface area contributed by atoms with Gasteiger partial charge in [-0.1, -0.05) is 6.92 Å². The van der Waals surface area contributed by atoms with Crippen LogP contribution in [0.5, 0.6) is 0 Å². The molecule has 0 aliphatic carbocycles. The normalized spacial score (nSPS) is 26.3. The highest BCUT2D eigenvalue weighted by atomic mass is 19.1. The molecule has 0 radical (unpaired) electrons. The van der Waals surface area contributed by atoms with Gasteiger partial charge >= 0.3 is 0 Å². The van der Waals surface area contributed by atoms with Crippen LogP contribution in [0.2, 0.25) is 0 Å². The quantitative estimate of drug-likeness (QED) is 0.646. The molecule has 2 aromatic carbocycles. The number of rotatable bonds is 2. The lowest BCUT2D eigenvalue weighted by Crippen LogP contribution is -2.30. The number of carbonyl (C=O) groups is 2. The molecule has 3 heterocycles. The first-order valence-electron chi connectivity index (χ1n) is 9.50. The third kappa shape index (κ3) is 2.57. The minimum atomic E-state index is -0.615. The standard InChI is InChI=1S/C22H19F2N3O2/c1-10-18(22(29)27(2)21(10)28)19-14-9-13(24)4-6-16(14)26-20(19)17-8-11-7-12(23)3-5-15(11)25-17/h3-10,18-20,25-26H,1-2H3. The Bertz CT molecular complexity index is 1170. The molecule has 1 saturated heterocycles. The largest absolute Gasteiger partial charge is 0.376 e. The molecule has 7 heteroatoms. The molecule has 2 amide bonds. The van der Waals surface area contributed by atoms with E-state index in [0.717, 1.165) is 21.8 Å². The van der Waals surface area contributed by atoms with E-state index >= 15 is 0 Å². The molecule has 3 aromatic rings. The Morgan fingerprint density at radius 3 is 2.38 bits per heavy atom. The number of nitrogens with zero attached hydrogens (tertiary/aromatic N) is 1. The second kappa shape index (κ2) is 6.14. The maximum absolute atomic E-state index is 14.1. The maximum atomic E-state index is 14.1. The molecule has 5 rings (SSSR count). The molecule has 2 aliphatic heterocycles. The summed E-state index contributed by atoms with van der Waals surface area (Å²) in [6.45, 7) is 1.74. The van der Waals surface area contributed by atoms with Crippen molar-refractivity contribution in [1.29, 1.82) is 0 Å². The summed E-state index contributed by atoms with van der Waals surface area (Å²) >= 11 is 0. The summed E-state index contributed by atoms with van der Waals surface area (Å²) in [7, 11) is 1.48. The number of aromatic amines is 1. The van der Waals surface area contributed by atoms with Gasteiger partial charge in [-0.3, -0.25) is 14.5 Å². The van der Waals surface area contributed by atoms with Crippen molar-refractivity contribution < 1.29 is 18.4 Å². The third-order valence-electron chi connectivity index (χ3n) is 6.24.